The van der Waals surface area contributed by atoms with E-state index in [0.29, 0.717) is 0 Å². The van der Waals surface area contributed by atoms with Crippen molar-refractivity contribution >= 4 is 29.5 Å². The zero-order valence-electron chi connectivity index (χ0n) is 4.38. The van der Waals surface area contributed by atoms with E-state index in [0.717, 1.165) is 0 Å². The van der Waals surface area contributed by atoms with Gasteiger partial charge in [0.1, 0.15) is 6.04 Å². The van der Waals surface area contributed by atoms with Crippen molar-refractivity contribution in [2.45, 2.75) is 6.04 Å². The summed E-state index contributed by atoms with van der Waals surface area (Å²) in [4.78, 5) is 20.8. The number of nitrogens with one attached hydrogen (secondary N) is 2. The maximum Gasteiger partial charge on any atom is 0.322 e. The van der Waals surface area contributed by atoms with Crippen molar-refractivity contribution in [3.05, 3.63) is 0 Å². The van der Waals surface area contributed by atoms with Crippen molar-refractivity contribution in [3.63, 3.8) is 0 Å². The Labute approximate surface area is 56.6 Å². The Hall–Kier alpha value is -0.970. The van der Waals surface area contributed by atoms with Gasteiger partial charge in [0, 0.05) is 5.37 Å². The van der Waals surface area contributed by atoms with Crippen molar-refractivity contribution in [2.24, 2.45) is 0 Å². The standard InChI is InChI=1S/C4H4N2O2S/c7-3-2(1-9)5-4(8)6-3/h1-2H,(H2,5,6,7,8). The molecule has 48 valence electrons. The molecule has 1 fully saturated rings. The molecule has 1 aliphatic rings. The van der Waals surface area contributed by atoms with Gasteiger partial charge in [0.2, 0.25) is 0 Å². The Kier molecular flexibility index (Phi) is 1.44. The van der Waals surface area contributed by atoms with Gasteiger partial charge in [-0.25, -0.2) is 4.79 Å². The number of thiocarbonyl (C=S) groups is 1. The summed E-state index contributed by atoms with van der Waals surface area (Å²) in [5.41, 5.74) is 0. The molecule has 0 bridgehead atoms. The molecule has 1 saturated heterocycles. The van der Waals surface area contributed by atoms with E-state index in [9.17, 15) is 9.59 Å². The first-order chi connectivity index (χ1) is 4.24. The van der Waals surface area contributed by atoms with Gasteiger partial charge in [-0.3, -0.25) is 10.1 Å². The third-order valence-electron chi connectivity index (χ3n) is 0.942. The highest BCUT2D eigenvalue weighted by Crippen LogP contribution is 1.88. The van der Waals surface area contributed by atoms with Crippen LogP contribution in [0.1, 0.15) is 0 Å². The first-order valence-corrected chi connectivity index (χ1v) is 2.78. The molecule has 1 aliphatic heterocycles. The second-order valence-electron chi connectivity index (χ2n) is 1.58. The third kappa shape index (κ3) is 1.05. The molecule has 0 aromatic rings. The summed E-state index contributed by atoms with van der Waals surface area (Å²) in [6.45, 7) is 0. The minimum Gasteiger partial charge on any atom is -0.322 e. The van der Waals surface area contributed by atoms with Crippen LogP contribution in [-0.2, 0) is 4.79 Å². The molecule has 4 nitrogen and oxygen atoms in total. The van der Waals surface area contributed by atoms with E-state index < -0.39 is 12.1 Å². The number of urea groups is 1. The molecule has 1 heterocycles. The Balaban J connectivity index is 2.68. The minimum atomic E-state index is -0.618. The highest BCUT2D eigenvalue weighted by Gasteiger charge is 2.26. The van der Waals surface area contributed by atoms with Crippen LogP contribution in [-0.4, -0.2) is 23.3 Å². The topological polar surface area (TPSA) is 58.2 Å². The first kappa shape index (κ1) is 6.15. The minimum absolute atomic E-state index is 0.380. The lowest BCUT2D eigenvalue weighted by Gasteiger charge is -1.92. The van der Waals surface area contributed by atoms with Crippen molar-refractivity contribution in [1.82, 2.24) is 10.6 Å². The van der Waals surface area contributed by atoms with E-state index in [1.54, 1.807) is 0 Å². The van der Waals surface area contributed by atoms with Gasteiger partial charge in [-0.15, -0.1) is 0 Å². The number of amides is 3. The summed E-state index contributed by atoms with van der Waals surface area (Å²) in [5.74, 6) is -0.380. The molecule has 1 rings (SSSR count). The SMILES string of the molecule is O=C1NC(=O)C(C=S)N1. The van der Waals surface area contributed by atoms with Crippen molar-refractivity contribution < 1.29 is 9.59 Å². The predicted molar refractivity (Wildman–Crippen MR) is 34.1 cm³/mol. The Morgan fingerprint density at radius 2 is 2.22 bits per heavy atom. The zero-order chi connectivity index (χ0) is 6.85. The average molecular weight is 144 g/mol. The van der Waals surface area contributed by atoms with Crippen LogP contribution in [0.3, 0.4) is 0 Å². The normalized spacial score (nSPS) is 25.1. The Morgan fingerprint density at radius 3 is 2.44 bits per heavy atom. The lowest BCUT2D eigenvalue weighted by Crippen LogP contribution is -2.29. The highest BCUT2D eigenvalue weighted by molar-refractivity contribution is 7.79. The van der Waals surface area contributed by atoms with Crippen LogP contribution < -0.4 is 10.6 Å². The maximum atomic E-state index is 10.5. The highest BCUT2D eigenvalue weighted by atomic mass is 32.1. The number of imide groups is 1. The lowest BCUT2D eigenvalue weighted by molar-refractivity contribution is -0.118. The molecule has 2 N–H and O–H groups in total. The summed E-state index contributed by atoms with van der Waals surface area (Å²) in [6, 6.07) is -1.10. The molecule has 1 unspecified atom stereocenters. The molecule has 0 aliphatic carbocycles. The van der Waals surface area contributed by atoms with E-state index >= 15 is 0 Å². The Bertz CT molecular complexity index is 179. The molecule has 0 spiro atoms. The molecular weight excluding hydrogens is 140 g/mol. The average Bonchev–Trinajstić information content (AvgIpc) is 2.10. The second kappa shape index (κ2) is 2.10. The summed E-state index contributed by atoms with van der Waals surface area (Å²) in [7, 11) is 0. The molecular formula is C4H4N2O2S. The first-order valence-electron chi connectivity index (χ1n) is 2.30. The number of carbonyl (C=O) groups is 2. The van der Waals surface area contributed by atoms with Crippen LogP contribution in [0.5, 0.6) is 0 Å². The van der Waals surface area contributed by atoms with Crippen LogP contribution >= 0.6 is 12.2 Å². The monoisotopic (exact) mass is 144 g/mol. The van der Waals surface area contributed by atoms with Gasteiger partial charge < -0.3 is 5.32 Å². The smallest absolute Gasteiger partial charge is 0.322 e. The van der Waals surface area contributed by atoms with E-state index in [1.165, 1.54) is 5.37 Å². The third-order valence-corrected chi connectivity index (χ3v) is 1.21. The molecule has 3 amide bonds. The largest absolute Gasteiger partial charge is 0.322 e. The molecule has 0 saturated carbocycles. The van der Waals surface area contributed by atoms with Gasteiger partial charge in [-0.2, -0.15) is 0 Å². The quantitative estimate of drug-likeness (QED) is 0.374. The number of carbonyl (C=O) groups excluding carboxylic acids is 2. The van der Waals surface area contributed by atoms with Crippen LogP contribution in [0.4, 0.5) is 4.79 Å². The fourth-order valence-electron chi connectivity index (χ4n) is 0.528. The van der Waals surface area contributed by atoms with Gasteiger partial charge in [0.05, 0.1) is 0 Å². The molecule has 9 heavy (non-hydrogen) atoms. The van der Waals surface area contributed by atoms with Crippen LogP contribution in [0, 0.1) is 0 Å². The van der Waals surface area contributed by atoms with E-state index in [-0.39, 0.29) is 5.91 Å². The van der Waals surface area contributed by atoms with Crippen molar-refractivity contribution in [1.29, 1.82) is 0 Å². The fourth-order valence-corrected chi connectivity index (χ4v) is 0.720. The van der Waals surface area contributed by atoms with Gasteiger partial charge in [-0.05, 0) is 0 Å². The summed E-state index contributed by atoms with van der Waals surface area (Å²) in [6.07, 6.45) is 0. The molecule has 1 atom stereocenters. The summed E-state index contributed by atoms with van der Waals surface area (Å²) < 4.78 is 0. The zero-order valence-corrected chi connectivity index (χ0v) is 5.20. The lowest BCUT2D eigenvalue weighted by atomic mass is 10.4. The molecule has 0 aromatic carbocycles. The van der Waals surface area contributed by atoms with Gasteiger partial charge >= 0.3 is 6.03 Å². The van der Waals surface area contributed by atoms with Gasteiger partial charge in [0.25, 0.3) is 5.91 Å². The predicted octanol–water partition coefficient (Wildman–Crippen LogP) is -0.806. The second-order valence-corrected chi connectivity index (χ2v) is 1.85. The van der Waals surface area contributed by atoms with E-state index in [4.69, 9.17) is 0 Å². The number of rotatable bonds is 1. The van der Waals surface area contributed by atoms with Gasteiger partial charge in [-0.1, -0.05) is 12.2 Å². The number of hydrogen-bond acceptors (Lipinski definition) is 3. The summed E-state index contributed by atoms with van der Waals surface area (Å²) >= 11 is 4.44. The molecule has 5 heteroatoms. The fraction of sp³-hybridized carbons (Fsp3) is 0.250. The molecule has 0 aromatic heterocycles. The number of hydrogen-bond donors (Lipinski definition) is 2. The van der Waals surface area contributed by atoms with E-state index in [2.05, 4.69) is 17.5 Å². The van der Waals surface area contributed by atoms with E-state index in [1.807, 2.05) is 5.32 Å². The van der Waals surface area contributed by atoms with Crippen molar-refractivity contribution in [3.8, 4) is 0 Å². The van der Waals surface area contributed by atoms with Crippen LogP contribution in [0.25, 0.3) is 0 Å². The van der Waals surface area contributed by atoms with Crippen LogP contribution in [0.15, 0.2) is 0 Å². The summed E-state index contributed by atoms with van der Waals surface area (Å²) in [5, 5.41) is 5.53. The Morgan fingerprint density at radius 1 is 1.56 bits per heavy atom. The van der Waals surface area contributed by atoms with Gasteiger partial charge in [0.15, 0.2) is 0 Å². The van der Waals surface area contributed by atoms with Crippen molar-refractivity contribution in [2.75, 3.05) is 0 Å². The van der Waals surface area contributed by atoms with Crippen LogP contribution in [0.2, 0.25) is 0 Å². The molecule has 0 radical (unpaired) electrons. The maximum absolute atomic E-state index is 10.5.